The maximum absolute atomic E-state index is 5.75. The number of nitrogens with zero attached hydrogens (tertiary/aromatic N) is 3. The molecule has 1 heterocycles. The molecule has 0 saturated heterocycles. The summed E-state index contributed by atoms with van der Waals surface area (Å²) in [6.45, 7) is 2.15. The normalized spacial score (nSPS) is 12.4. The molecule has 0 radical (unpaired) electrons. The van der Waals surface area contributed by atoms with E-state index in [0.29, 0.717) is 11.7 Å². The molecule has 0 saturated carbocycles. The Bertz CT molecular complexity index is 497. The van der Waals surface area contributed by atoms with Gasteiger partial charge >= 0.3 is 0 Å². The third kappa shape index (κ3) is 3.93. The van der Waals surface area contributed by atoms with Crippen LogP contribution in [0.3, 0.4) is 0 Å². The van der Waals surface area contributed by atoms with Gasteiger partial charge in [-0.3, -0.25) is 0 Å². The molecular formula is C13H13Cl2N3. The van der Waals surface area contributed by atoms with Gasteiger partial charge in [0, 0.05) is 6.42 Å². The fraction of sp³-hybridized carbons (Fsp3) is 0.308. The van der Waals surface area contributed by atoms with Crippen LogP contribution in [0.1, 0.15) is 18.3 Å². The van der Waals surface area contributed by atoms with Crippen molar-refractivity contribution in [1.29, 1.82) is 0 Å². The fourth-order valence-electron chi connectivity index (χ4n) is 1.86. The van der Waals surface area contributed by atoms with Crippen molar-refractivity contribution in [1.82, 2.24) is 15.0 Å². The largest absolute Gasteiger partial charge is 0.226 e. The molecule has 5 heteroatoms. The third-order valence-corrected chi connectivity index (χ3v) is 2.92. The maximum Gasteiger partial charge on any atom is 0.226 e. The Hall–Kier alpha value is -1.19. The molecule has 1 aromatic heterocycles. The number of hydrogen-bond acceptors (Lipinski definition) is 3. The van der Waals surface area contributed by atoms with E-state index in [-0.39, 0.29) is 10.6 Å². The minimum Gasteiger partial charge on any atom is -0.203 e. The van der Waals surface area contributed by atoms with Crippen molar-refractivity contribution in [2.24, 2.45) is 5.92 Å². The topological polar surface area (TPSA) is 38.7 Å². The molecule has 1 unspecified atom stereocenters. The van der Waals surface area contributed by atoms with Crippen LogP contribution in [0.25, 0.3) is 0 Å². The molecule has 0 fully saturated rings. The highest BCUT2D eigenvalue weighted by atomic mass is 35.5. The molecule has 94 valence electrons. The molecule has 0 aliphatic carbocycles. The van der Waals surface area contributed by atoms with E-state index in [1.54, 1.807) is 0 Å². The summed E-state index contributed by atoms with van der Waals surface area (Å²) < 4.78 is 0. The minimum atomic E-state index is 0.150. The van der Waals surface area contributed by atoms with E-state index in [1.165, 1.54) is 5.56 Å². The second kappa shape index (κ2) is 6.12. The Balaban J connectivity index is 2.01. The molecule has 1 aromatic carbocycles. The summed E-state index contributed by atoms with van der Waals surface area (Å²) in [5, 5.41) is 0.300. The number of rotatable bonds is 4. The van der Waals surface area contributed by atoms with Crippen LogP contribution in [0.2, 0.25) is 10.6 Å². The van der Waals surface area contributed by atoms with Crippen molar-refractivity contribution in [3.63, 3.8) is 0 Å². The highest BCUT2D eigenvalue weighted by Crippen LogP contribution is 2.14. The van der Waals surface area contributed by atoms with Gasteiger partial charge in [0.25, 0.3) is 0 Å². The van der Waals surface area contributed by atoms with E-state index >= 15 is 0 Å². The molecular weight excluding hydrogens is 269 g/mol. The van der Waals surface area contributed by atoms with Gasteiger partial charge in [-0.2, -0.15) is 4.98 Å². The lowest BCUT2D eigenvalue weighted by Crippen LogP contribution is -2.08. The molecule has 0 bridgehead atoms. The quantitative estimate of drug-likeness (QED) is 0.860. The summed E-state index contributed by atoms with van der Waals surface area (Å²) in [6.07, 6.45) is 1.71. The summed E-state index contributed by atoms with van der Waals surface area (Å²) in [5.41, 5.74) is 1.30. The van der Waals surface area contributed by atoms with E-state index < -0.39 is 0 Å². The fourth-order valence-corrected chi connectivity index (χ4v) is 2.25. The molecule has 2 aromatic rings. The third-order valence-electron chi connectivity index (χ3n) is 2.59. The van der Waals surface area contributed by atoms with Crippen LogP contribution in [-0.4, -0.2) is 15.0 Å². The zero-order valence-electron chi connectivity index (χ0n) is 9.98. The van der Waals surface area contributed by atoms with Crippen molar-refractivity contribution >= 4 is 23.2 Å². The number of benzene rings is 1. The van der Waals surface area contributed by atoms with Gasteiger partial charge in [-0.25, -0.2) is 9.97 Å². The highest BCUT2D eigenvalue weighted by Gasteiger charge is 2.09. The van der Waals surface area contributed by atoms with Gasteiger partial charge in [0.1, 0.15) is 5.82 Å². The second-order valence-electron chi connectivity index (χ2n) is 4.29. The first-order valence-electron chi connectivity index (χ1n) is 5.73. The monoisotopic (exact) mass is 281 g/mol. The molecule has 3 nitrogen and oxygen atoms in total. The van der Waals surface area contributed by atoms with E-state index in [9.17, 15) is 0 Å². The zero-order valence-corrected chi connectivity index (χ0v) is 11.5. The van der Waals surface area contributed by atoms with Crippen molar-refractivity contribution < 1.29 is 0 Å². The summed E-state index contributed by atoms with van der Waals surface area (Å²) >= 11 is 11.5. The van der Waals surface area contributed by atoms with Crippen molar-refractivity contribution in [3.05, 3.63) is 52.3 Å². The van der Waals surface area contributed by atoms with Gasteiger partial charge < -0.3 is 0 Å². The van der Waals surface area contributed by atoms with Crippen molar-refractivity contribution in [2.45, 2.75) is 19.8 Å². The molecule has 0 amide bonds. The Labute approximate surface area is 116 Å². The van der Waals surface area contributed by atoms with Crippen LogP contribution in [0, 0.1) is 5.92 Å². The lowest BCUT2D eigenvalue weighted by atomic mass is 9.98. The van der Waals surface area contributed by atoms with Crippen molar-refractivity contribution in [2.75, 3.05) is 0 Å². The number of hydrogen-bond donors (Lipinski definition) is 0. The number of aromatic nitrogens is 3. The SMILES string of the molecule is CC(Cc1ccccc1)Cc1nc(Cl)nc(Cl)n1. The molecule has 2 rings (SSSR count). The summed E-state index contributed by atoms with van der Waals surface area (Å²) in [4.78, 5) is 11.9. The van der Waals surface area contributed by atoms with Gasteiger partial charge in [0.2, 0.25) is 10.6 Å². The Morgan fingerprint density at radius 1 is 0.944 bits per heavy atom. The highest BCUT2D eigenvalue weighted by molar-refractivity contribution is 6.30. The van der Waals surface area contributed by atoms with Crippen LogP contribution in [0.15, 0.2) is 30.3 Å². The summed E-state index contributed by atoms with van der Waals surface area (Å²) in [7, 11) is 0. The molecule has 0 aliphatic rings. The zero-order chi connectivity index (χ0) is 13.0. The molecule has 0 N–H and O–H groups in total. The predicted octanol–water partition coefficient (Wildman–Crippen LogP) is 3.60. The smallest absolute Gasteiger partial charge is 0.203 e. The first-order valence-corrected chi connectivity index (χ1v) is 6.49. The predicted molar refractivity (Wildman–Crippen MR) is 72.9 cm³/mol. The molecule has 0 aliphatic heterocycles. The van der Waals surface area contributed by atoms with E-state index in [4.69, 9.17) is 23.2 Å². The van der Waals surface area contributed by atoms with Gasteiger partial charge in [0.05, 0.1) is 0 Å². The maximum atomic E-state index is 5.75. The van der Waals surface area contributed by atoms with Crippen LogP contribution in [0.5, 0.6) is 0 Å². The lowest BCUT2D eigenvalue weighted by Gasteiger charge is -2.10. The van der Waals surface area contributed by atoms with Crippen LogP contribution in [-0.2, 0) is 12.8 Å². The van der Waals surface area contributed by atoms with Crippen LogP contribution < -0.4 is 0 Å². The second-order valence-corrected chi connectivity index (χ2v) is 4.96. The Morgan fingerprint density at radius 2 is 1.56 bits per heavy atom. The van der Waals surface area contributed by atoms with E-state index in [2.05, 4.69) is 34.0 Å². The van der Waals surface area contributed by atoms with Gasteiger partial charge in [-0.1, -0.05) is 37.3 Å². The van der Waals surface area contributed by atoms with Gasteiger partial charge in [0.15, 0.2) is 0 Å². The molecule has 1 atom stereocenters. The number of halogens is 2. The van der Waals surface area contributed by atoms with Crippen LogP contribution in [0.4, 0.5) is 0 Å². The van der Waals surface area contributed by atoms with E-state index in [0.717, 1.165) is 12.8 Å². The standard InChI is InChI=1S/C13H13Cl2N3/c1-9(7-10-5-3-2-4-6-10)8-11-16-12(14)18-13(15)17-11/h2-6,9H,7-8H2,1H3. The van der Waals surface area contributed by atoms with Gasteiger partial charge in [-0.15, -0.1) is 0 Å². The summed E-state index contributed by atoms with van der Waals surface area (Å²) in [6, 6.07) is 10.3. The first kappa shape index (κ1) is 13.2. The Kier molecular flexibility index (Phi) is 4.50. The van der Waals surface area contributed by atoms with E-state index in [1.807, 2.05) is 18.2 Å². The first-order chi connectivity index (χ1) is 8.63. The Morgan fingerprint density at radius 3 is 2.17 bits per heavy atom. The summed E-state index contributed by atoms with van der Waals surface area (Å²) in [5.74, 6) is 1.06. The van der Waals surface area contributed by atoms with Crippen molar-refractivity contribution in [3.8, 4) is 0 Å². The van der Waals surface area contributed by atoms with Crippen LogP contribution >= 0.6 is 23.2 Å². The van der Waals surface area contributed by atoms with Gasteiger partial charge in [-0.05, 0) is 41.1 Å². The molecule has 18 heavy (non-hydrogen) atoms. The minimum absolute atomic E-state index is 0.150. The lowest BCUT2D eigenvalue weighted by molar-refractivity contribution is 0.557. The average Bonchev–Trinajstić information content (AvgIpc) is 2.28. The molecule has 0 spiro atoms. The average molecular weight is 282 g/mol.